The Bertz CT molecular complexity index is 598. The lowest BCUT2D eigenvalue weighted by molar-refractivity contribution is 0.559. The summed E-state index contributed by atoms with van der Waals surface area (Å²) in [5, 5.41) is 0. The van der Waals surface area contributed by atoms with E-state index >= 15 is 0 Å². The van der Waals surface area contributed by atoms with E-state index in [-0.39, 0.29) is 0 Å². The van der Waals surface area contributed by atoms with E-state index in [2.05, 4.69) is 37.5 Å². The predicted molar refractivity (Wildman–Crippen MR) is 95.3 cm³/mol. The summed E-state index contributed by atoms with van der Waals surface area (Å²) in [5.74, 6) is 1.21. The van der Waals surface area contributed by atoms with Gasteiger partial charge in [0.2, 0.25) is 0 Å². The Morgan fingerprint density at radius 2 is 1.73 bits per heavy atom. The summed E-state index contributed by atoms with van der Waals surface area (Å²) in [7, 11) is 0. The van der Waals surface area contributed by atoms with Crippen LogP contribution >= 0.6 is 0 Å². The van der Waals surface area contributed by atoms with E-state index in [1.54, 1.807) is 0 Å². The Hall–Kier alpha value is -1.35. The molecule has 0 fully saturated rings. The largest absolute Gasteiger partial charge is 0.330 e. The lowest BCUT2D eigenvalue weighted by Crippen LogP contribution is -2.07. The number of aromatic nitrogens is 2. The predicted octanol–water partition coefficient (Wildman–Crippen LogP) is 4.51. The van der Waals surface area contributed by atoms with Gasteiger partial charge in [0, 0.05) is 13.0 Å². The van der Waals surface area contributed by atoms with Gasteiger partial charge >= 0.3 is 0 Å². The van der Waals surface area contributed by atoms with Crippen LogP contribution in [0.4, 0.5) is 0 Å². The van der Waals surface area contributed by atoms with Gasteiger partial charge < -0.3 is 10.3 Å². The van der Waals surface area contributed by atoms with Gasteiger partial charge in [0.05, 0.1) is 11.0 Å². The van der Waals surface area contributed by atoms with Crippen LogP contribution in [0.25, 0.3) is 11.0 Å². The minimum absolute atomic E-state index is 0.734. The van der Waals surface area contributed by atoms with Crippen LogP contribution in [0.15, 0.2) is 12.1 Å². The van der Waals surface area contributed by atoms with E-state index in [4.69, 9.17) is 10.7 Å². The molecule has 0 aliphatic carbocycles. The second-order valence-electron chi connectivity index (χ2n) is 6.41. The van der Waals surface area contributed by atoms with Gasteiger partial charge in [-0.05, 0) is 56.5 Å². The van der Waals surface area contributed by atoms with E-state index < -0.39 is 0 Å². The standard InChI is InChI=1S/C19H31N3/c1-4-5-6-7-8-12-22-18-14-16(3)15(2)13-17(18)21-19(22)10-9-11-20/h13-14H,4-12,20H2,1-3H3. The first-order valence-corrected chi connectivity index (χ1v) is 8.83. The highest BCUT2D eigenvalue weighted by Crippen LogP contribution is 2.22. The summed E-state index contributed by atoms with van der Waals surface area (Å²) in [6.45, 7) is 8.44. The molecular weight excluding hydrogens is 270 g/mol. The van der Waals surface area contributed by atoms with E-state index in [0.717, 1.165) is 31.4 Å². The van der Waals surface area contributed by atoms with Crippen molar-refractivity contribution in [2.24, 2.45) is 5.73 Å². The summed E-state index contributed by atoms with van der Waals surface area (Å²) in [5.41, 5.74) is 10.8. The van der Waals surface area contributed by atoms with Gasteiger partial charge in [-0.15, -0.1) is 0 Å². The SMILES string of the molecule is CCCCCCCn1c(CCCN)nc2cc(C)c(C)cc21. The number of unbranched alkanes of at least 4 members (excludes halogenated alkanes) is 4. The quantitative estimate of drug-likeness (QED) is 0.692. The summed E-state index contributed by atoms with van der Waals surface area (Å²) in [6.07, 6.45) is 8.55. The number of rotatable bonds is 9. The van der Waals surface area contributed by atoms with Crippen LogP contribution in [0, 0.1) is 13.8 Å². The molecule has 0 radical (unpaired) electrons. The van der Waals surface area contributed by atoms with Gasteiger partial charge in [0.15, 0.2) is 0 Å². The molecule has 2 N–H and O–H groups in total. The van der Waals surface area contributed by atoms with E-state index in [1.807, 2.05) is 0 Å². The highest BCUT2D eigenvalue weighted by molar-refractivity contribution is 5.78. The van der Waals surface area contributed by atoms with Crippen molar-refractivity contribution in [1.29, 1.82) is 0 Å². The second kappa shape index (κ2) is 8.33. The Kier molecular flexibility index (Phi) is 6.44. The van der Waals surface area contributed by atoms with Crippen LogP contribution in [0.1, 0.15) is 62.4 Å². The van der Waals surface area contributed by atoms with Crippen LogP contribution in [0.5, 0.6) is 0 Å². The van der Waals surface area contributed by atoms with Crippen LogP contribution in [0.3, 0.4) is 0 Å². The van der Waals surface area contributed by atoms with Crippen LogP contribution in [-0.4, -0.2) is 16.1 Å². The molecule has 0 bridgehead atoms. The zero-order valence-corrected chi connectivity index (χ0v) is 14.5. The highest BCUT2D eigenvalue weighted by Gasteiger charge is 2.11. The average Bonchev–Trinajstić information content (AvgIpc) is 2.82. The smallest absolute Gasteiger partial charge is 0.109 e. The molecule has 2 rings (SSSR count). The third kappa shape index (κ3) is 4.10. The molecule has 0 unspecified atom stereocenters. The van der Waals surface area contributed by atoms with Gasteiger partial charge in [-0.25, -0.2) is 4.98 Å². The summed E-state index contributed by atoms with van der Waals surface area (Å²) < 4.78 is 2.43. The number of nitrogens with zero attached hydrogens (tertiary/aromatic N) is 2. The number of benzene rings is 1. The molecule has 3 nitrogen and oxygen atoms in total. The Labute approximate surface area is 134 Å². The molecule has 0 saturated heterocycles. The molecule has 0 aliphatic rings. The van der Waals surface area contributed by atoms with Gasteiger partial charge in [-0.1, -0.05) is 32.6 Å². The maximum atomic E-state index is 5.69. The summed E-state index contributed by atoms with van der Waals surface area (Å²) in [4.78, 5) is 4.87. The van der Waals surface area contributed by atoms with Crippen molar-refractivity contribution in [1.82, 2.24) is 9.55 Å². The van der Waals surface area contributed by atoms with Gasteiger partial charge in [-0.2, -0.15) is 0 Å². The molecule has 122 valence electrons. The zero-order chi connectivity index (χ0) is 15.9. The normalized spacial score (nSPS) is 11.5. The molecule has 0 spiro atoms. The first kappa shape index (κ1) is 17.0. The maximum Gasteiger partial charge on any atom is 0.109 e. The number of aryl methyl sites for hydroxylation is 4. The molecule has 1 aromatic carbocycles. The summed E-state index contributed by atoms with van der Waals surface area (Å²) >= 11 is 0. The van der Waals surface area contributed by atoms with Crippen molar-refractivity contribution < 1.29 is 0 Å². The Morgan fingerprint density at radius 3 is 2.45 bits per heavy atom. The fraction of sp³-hybridized carbons (Fsp3) is 0.632. The highest BCUT2D eigenvalue weighted by atomic mass is 15.1. The molecule has 2 aromatic rings. The van der Waals surface area contributed by atoms with Crippen LogP contribution < -0.4 is 5.73 Å². The van der Waals surface area contributed by atoms with Gasteiger partial charge in [0.25, 0.3) is 0 Å². The molecule has 0 atom stereocenters. The Morgan fingerprint density at radius 1 is 1.00 bits per heavy atom. The molecule has 22 heavy (non-hydrogen) atoms. The van der Waals surface area contributed by atoms with Crippen molar-refractivity contribution in [3.8, 4) is 0 Å². The molecule has 0 amide bonds. The van der Waals surface area contributed by atoms with Crippen molar-refractivity contribution in [3.05, 3.63) is 29.1 Å². The summed E-state index contributed by atoms with van der Waals surface area (Å²) in [6, 6.07) is 4.53. The number of imidazole rings is 1. The Balaban J connectivity index is 2.20. The lowest BCUT2D eigenvalue weighted by atomic mass is 10.1. The molecule has 1 heterocycles. The molecular formula is C19H31N3. The van der Waals surface area contributed by atoms with Crippen LogP contribution in [0.2, 0.25) is 0 Å². The maximum absolute atomic E-state index is 5.69. The van der Waals surface area contributed by atoms with E-state index in [9.17, 15) is 0 Å². The zero-order valence-electron chi connectivity index (χ0n) is 14.5. The van der Waals surface area contributed by atoms with Crippen molar-refractivity contribution >= 4 is 11.0 Å². The van der Waals surface area contributed by atoms with Crippen LogP contribution in [-0.2, 0) is 13.0 Å². The monoisotopic (exact) mass is 301 g/mol. The molecule has 1 aromatic heterocycles. The third-order valence-electron chi connectivity index (χ3n) is 4.53. The van der Waals surface area contributed by atoms with Gasteiger partial charge in [-0.3, -0.25) is 0 Å². The lowest BCUT2D eigenvalue weighted by Gasteiger charge is -2.10. The number of hydrogen-bond acceptors (Lipinski definition) is 2. The minimum atomic E-state index is 0.734. The van der Waals surface area contributed by atoms with E-state index in [0.29, 0.717) is 0 Å². The third-order valence-corrected chi connectivity index (χ3v) is 4.53. The number of nitrogens with two attached hydrogens (primary N) is 1. The number of fused-ring (bicyclic) bond motifs is 1. The second-order valence-corrected chi connectivity index (χ2v) is 6.41. The fourth-order valence-electron chi connectivity index (χ4n) is 3.00. The van der Waals surface area contributed by atoms with Crippen molar-refractivity contribution in [3.63, 3.8) is 0 Å². The van der Waals surface area contributed by atoms with Gasteiger partial charge in [0.1, 0.15) is 5.82 Å². The first-order chi connectivity index (χ1) is 10.7. The molecule has 3 heteroatoms. The van der Waals surface area contributed by atoms with Crippen molar-refractivity contribution in [2.45, 2.75) is 72.3 Å². The fourth-order valence-corrected chi connectivity index (χ4v) is 3.00. The first-order valence-electron chi connectivity index (χ1n) is 8.83. The molecule has 0 saturated carbocycles. The average molecular weight is 301 g/mol. The van der Waals surface area contributed by atoms with Crippen molar-refractivity contribution in [2.75, 3.05) is 6.54 Å². The topological polar surface area (TPSA) is 43.8 Å². The number of hydrogen-bond donors (Lipinski definition) is 1. The van der Waals surface area contributed by atoms with E-state index in [1.165, 1.54) is 54.6 Å². The minimum Gasteiger partial charge on any atom is -0.330 e. The molecule has 0 aliphatic heterocycles.